The lowest BCUT2D eigenvalue weighted by molar-refractivity contribution is 0.0976. The number of rotatable bonds is 1. The Morgan fingerprint density at radius 3 is 2.95 bits per heavy atom. The molecule has 0 spiro atoms. The maximum Gasteiger partial charge on any atom is 0.278 e. The van der Waals surface area contributed by atoms with Gasteiger partial charge >= 0.3 is 0 Å². The van der Waals surface area contributed by atoms with Crippen LogP contribution in [0.5, 0.6) is 0 Å². The Balaban J connectivity index is 2.00. The van der Waals surface area contributed by atoms with Crippen LogP contribution in [-0.2, 0) is 6.42 Å². The fourth-order valence-corrected chi connectivity index (χ4v) is 2.72. The molecule has 0 saturated carbocycles. The summed E-state index contributed by atoms with van der Waals surface area (Å²) in [5, 5.41) is 0.231. The van der Waals surface area contributed by atoms with Crippen molar-refractivity contribution in [1.82, 2.24) is 9.97 Å². The van der Waals surface area contributed by atoms with Gasteiger partial charge in [-0.1, -0.05) is 36.7 Å². The number of amides is 1. The Kier molecular flexibility index (Phi) is 3.40. The Morgan fingerprint density at radius 1 is 1.35 bits per heavy atom. The van der Waals surface area contributed by atoms with Gasteiger partial charge in [-0.05, 0) is 24.0 Å². The largest absolute Gasteiger partial charge is 0.306 e. The number of fused-ring (bicyclic) bond motifs is 1. The van der Waals surface area contributed by atoms with Crippen LogP contribution in [0.25, 0.3) is 0 Å². The van der Waals surface area contributed by atoms with Crippen molar-refractivity contribution >= 4 is 23.2 Å². The van der Waals surface area contributed by atoms with Crippen molar-refractivity contribution < 1.29 is 4.79 Å². The molecule has 5 heteroatoms. The number of carbonyl (C=O) groups excluding carboxylic acids is 1. The maximum absolute atomic E-state index is 12.6. The van der Waals surface area contributed by atoms with Gasteiger partial charge in [0.2, 0.25) is 0 Å². The van der Waals surface area contributed by atoms with Crippen molar-refractivity contribution in [3.63, 3.8) is 0 Å². The van der Waals surface area contributed by atoms with Crippen LogP contribution in [0, 0.1) is 5.92 Å². The number of hydrogen-bond acceptors (Lipinski definition) is 3. The van der Waals surface area contributed by atoms with E-state index in [-0.39, 0.29) is 16.8 Å². The van der Waals surface area contributed by atoms with Crippen LogP contribution in [0.3, 0.4) is 0 Å². The number of aromatic nitrogens is 2. The standard InChI is InChI=1S/C15H14ClN3O/c1-10-6-11-4-2-3-5-13(11)19(9-10)15(20)12-7-17-8-14(16)18-12/h2-5,7-8,10H,6,9H2,1H3. The van der Waals surface area contributed by atoms with Crippen LogP contribution in [0.15, 0.2) is 36.7 Å². The van der Waals surface area contributed by atoms with Gasteiger partial charge in [0.15, 0.2) is 0 Å². The smallest absolute Gasteiger partial charge is 0.278 e. The zero-order chi connectivity index (χ0) is 14.1. The molecule has 20 heavy (non-hydrogen) atoms. The van der Waals surface area contributed by atoms with Crippen molar-refractivity contribution in [2.75, 3.05) is 11.4 Å². The van der Waals surface area contributed by atoms with Gasteiger partial charge in [-0.15, -0.1) is 0 Å². The van der Waals surface area contributed by atoms with E-state index in [1.165, 1.54) is 18.0 Å². The summed E-state index contributed by atoms with van der Waals surface area (Å²) >= 11 is 5.81. The molecule has 1 aromatic carbocycles. The van der Waals surface area contributed by atoms with Crippen molar-refractivity contribution in [2.45, 2.75) is 13.3 Å². The number of carbonyl (C=O) groups is 1. The highest BCUT2D eigenvalue weighted by Gasteiger charge is 2.27. The number of benzene rings is 1. The summed E-state index contributed by atoms with van der Waals surface area (Å²) in [4.78, 5) is 22.4. The maximum atomic E-state index is 12.6. The normalized spacial score (nSPS) is 17.7. The highest BCUT2D eigenvalue weighted by atomic mass is 35.5. The summed E-state index contributed by atoms with van der Waals surface area (Å²) in [5.74, 6) is 0.264. The van der Waals surface area contributed by atoms with Gasteiger partial charge in [0.05, 0.1) is 12.4 Å². The molecule has 0 aliphatic carbocycles. The molecular weight excluding hydrogens is 274 g/mol. The first kappa shape index (κ1) is 13.1. The topological polar surface area (TPSA) is 46.1 Å². The molecule has 0 bridgehead atoms. The summed E-state index contributed by atoms with van der Waals surface area (Å²) in [6.07, 6.45) is 3.86. The molecule has 4 nitrogen and oxygen atoms in total. The van der Waals surface area contributed by atoms with E-state index in [4.69, 9.17) is 11.6 Å². The third kappa shape index (κ3) is 2.39. The van der Waals surface area contributed by atoms with Crippen LogP contribution in [0.1, 0.15) is 23.0 Å². The predicted octanol–water partition coefficient (Wildman–Crippen LogP) is 2.97. The highest BCUT2D eigenvalue weighted by Crippen LogP contribution is 2.30. The summed E-state index contributed by atoms with van der Waals surface area (Å²) in [6, 6.07) is 7.98. The monoisotopic (exact) mass is 287 g/mol. The van der Waals surface area contributed by atoms with Crippen LogP contribution in [0.2, 0.25) is 5.15 Å². The SMILES string of the molecule is CC1Cc2ccccc2N(C(=O)c2cncc(Cl)n2)C1. The lowest BCUT2D eigenvalue weighted by Gasteiger charge is -2.32. The molecule has 0 fully saturated rings. The van der Waals surface area contributed by atoms with Crippen LogP contribution in [0.4, 0.5) is 5.69 Å². The zero-order valence-corrected chi connectivity index (χ0v) is 11.8. The van der Waals surface area contributed by atoms with E-state index in [1.54, 1.807) is 4.90 Å². The van der Waals surface area contributed by atoms with E-state index >= 15 is 0 Å². The first-order valence-corrected chi connectivity index (χ1v) is 6.90. The van der Waals surface area contributed by atoms with Gasteiger partial charge < -0.3 is 4.90 Å². The molecule has 1 unspecified atom stereocenters. The third-order valence-corrected chi connectivity index (χ3v) is 3.60. The molecule has 1 atom stereocenters. The zero-order valence-electron chi connectivity index (χ0n) is 11.1. The molecule has 0 radical (unpaired) electrons. The lowest BCUT2D eigenvalue weighted by Crippen LogP contribution is -2.39. The molecule has 0 saturated heterocycles. The second-order valence-electron chi connectivity index (χ2n) is 5.08. The van der Waals surface area contributed by atoms with Crippen molar-refractivity contribution in [3.05, 3.63) is 53.1 Å². The number of para-hydroxylation sites is 1. The average molecular weight is 288 g/mol. The van der Waals surface area contributed by atoms with Crippen LogP contribution < -0.4 is 4.90 Å². The van der Waals surface area contributed by atoms with E-state index in [1.807, 2.05) is 18.2 Å². The minimum atomic E-state index is -0.154. The second-order valence-corrected chi connectivity index (χ2v) is 5.47. The molecule has 1 aliphatic heterocycles. The quantitative estimate of drug-likeness (QED) is 0.810. The minimum Gasteiger partial charge on any atom is -0.306 e. The fourth-order valence-electron chi connectivity index (χ4n) is 2.57. The summed E-state index contributed by atoms with van der Waals surface area (Å²) in [5.41, 5.74) is 2.42. The van der Waals surface area contributed by atoms with E-state index in [0.717, 1.165) is 12.1 Å². The molecule has 1 aliphatic rings. The van der Waals surface area contributed by atoms with E-state index in [2.05, 4.69) is 23.0 Å². The van der Waals surface area contributed by atoms with Gasteiger partial charge in [0.25, 0.3) is 5.91 Å². The predicted molar refractivity (Wildman–Crippen MR) is 78.0 cm³/mol. The van der Waals surface area contributed by atoms with Gasteiger partial charge in [-0.2, -0.15) is 0 Å². The highest BCUT2D eigenvalue weighted by molar-refractivity contribution is 6.29. The summed E-state index contributed by atoms with van der Waals surface area (Å²) in [7, 11) is 0. The van der Waals surface area contributed by atoms with Crippen molar-refractivity contribution in [3.8, 4) is 0 Å². The molecule has 102 valence electrons. The van der Waals surface area contributed by atoms with Gasteiger partial charge in [-0.3, -0.25) is 9.78 Å². The fraction of sp³-hybridized carbons (Fsp3) is 0.267. The Labute approximate surface area is 122 Å². The van der Waals surface area contributed by atoms with Gasteiger partial charge in [0.1, 0.15) is 10.8 Å². The van der Waals surface area contributed by atoms with E-state index in [9.17, 15) is 4.79 Å². The second kappa shape index (κ2) is 5.21. The first-order chi connectivity index (χ1) is 9.65. The molecule has 1 aromatic heterocycles. The summed E-state index contributed by atoms with van der Waals surface area (Å²) in [6.45, 7) is 2.82. The number of anilines is 1. The molecule has 3 rings (SSSR count). The van der Waals surface area contributed by atoms with Gasteiger partial charge in [0, 0.05) is 12.2 Å². The summed E-state index contributed by atoms with van der Waals surface area (Å²) < 4.78 is 0. The number of hydrogen-bond donors (Lipinski definition) is 0. The molecule has 1 amide bonds. The third-order valence-electron chi connectivity index (χ3n) is 3.41. The number of halogens is 1. The Morgan fingerprint density at radius 2 is 2.15 bits per heavy atom. The minimum absolute atomic E-state index is 0.154. The molecular formula is C15H14ClN3O. The first-order valence-electron chi connectivity index (χ1n) is 6.52. The molecule has 2 heterocycles. The van der Waals surface area contributed by atoms with Crippen molar-refractivity contribution in [2.24, 2.45) is 5.92 Å². The van der Waals surface area contributed by atoms with Gasteiger partial charge in [-0.25, -0.2) is 4.98 Å². The molecule has 0 N–H and O–H groups in total. The van der Waals surface area contributed by atoms with Crippen molar-refractivity contribution in [1.29, 1.82) is 0 Å². The number of nitrogens with zero attached hydrogens (tertiary/aromatic N) is 3. The van der Waals surface area contributed by atoms with Crippen LogP contribution in [-0.4, -0.2) is 22.4 Å². The average Bonchev–Trinajstić information content (AvgIpc) is 2.45. The van der Waals surface area contributed by atoms with E-state index in [0.29, 0.717) is 12.5 Å². The van der Waals surface area contributed by atoms with E-state index < -0.39 is 0 Å². The molecule has 2 aromatic rings. The van der Waals surface area contributed by atoms with Crippen LogP contribution >= 0.6 is 11.6 Å². The Bertz CT molecular complexity index is 659. The lowest BCUT2D eigenvalue weighted by atomic mass is 9.94. The Hall–Kier alpha value is -1.94.